The van der Waals surface area contributed by atoms with E-state index in [2.05, 4.69) is 10.3 Å². The van der Waals surface area contributed by atoms with Crippen molar-refractivity contribution in [3.8, 4) is 17.2 Å². The average Bonchev–Trinajstić information content (AvgIpc) is 3.00. The summed E-state index contributed by atoms with van der Waals surface area (Å²) in [6, 6.07) is 10.9. The van der Waals surface area contributed by atoms with E-state index < -0.39 is 0 Å². The Morgan fingerprint density at radius 3 is 2.57 bits per heavy atom. The van der Waals surface area contributed by atoms with Gasteiger partial charge in [-0.3, -0.25) is 0 Å². The molecule has 0 saturated heterocycles. The fraction of sp³-hybridized carbons (Fsp3) is 0.200. The third-order valence-corrected chi connectivity index (χ3v) is 2.94. The first kappa shape index (κ1) is 13.2. The van der Waals surface area contributed by atoms with Crippen molar-refractivity contribution in [3.63, 3.8) is 0 Å². The van der Waals surface area contributed by atoms with Crippen molar-refractivity contribution in [1.29, 1.82) is 0 Å². The zero-order valence-electron chi connectivity index (χ0n) is 11.6. The van der Waals surface area contributed by atoms with Gasteiger partial charge >= 0.3 is 0 Å². The van der Waals surface area contributed by atoms with E-state index in [9.17, 15) is 0 Å². The summed E-state index contributed by atoms with van der Waals surface area (Å²) < 4.78 is 16.3. The predicted octanol–water partition coefficient (Wildman–Crippen LogP) is 3.39. The number of ether oxygens (including phenoxy) is 2. The fourth-order valence-corrected chi connectivity index (χ4v) is 1.93. The topological polar surface area (TPSA) is 83.4 Å². The minimum absolute atomic E-state index is 0.486. The van der Waals surface area contributed by atoms with Crippen LogP contribution in [0, 0.1) is 0 Å². The molecule has 108 valence electrons. The summed E-state index contributed by atoms with van der Waals surface area (Å²) in [5.41, 5.74) is 7.28. The van der Waals surface area contributed by atoms with Crippen molar-refractivity contribution in [2.24, 2.45) is 0 Å². The van der Waals surface area contributed by atoms with Gasteiger partial charge in [-0.15, -0.1) is 0 Å². The summed E-state index contributed by atoms with van der Waals surface area (Å²) in [6.07, 6.45) is 0.924. The SMILES string of the molecule is CCCOc1ccccc1Oc1ccc(N)c2nonc12. The lowest BCUT2D eigenvalue weighted by Gasteiger charge is -2.12. The minimum Gasteiger partial charge on any atom is -0.490 e. The third-order valence-electron chi connectivity index (χ3n) is 2.94. The largest absolute Gasteiger partial charge is 0.490 e. The van der Waals surface area contributed by atoms with Crippen molar-refractivity contribution in [2.75, 3.05) is 12.3 Å². The van der Waals surface area contributed by atoms with Gasteiger partial charge in [0.2, 0.25) is 0 Å². The molecular weight excluding hydrogens is 270 g/mol. The molecule has 1 heterocycles. The summed E-state index contributed by atoms with van der Waals surface area (Å²) in [4.78, 5) is 0. The van der Waals surface area contributed by atoms with Crippen molar-refractivity contribution >= 4 is 16.7 Å². The van der Waals surface area contributed by atoms with E-state index in [1.165, 1.54) is 0 Å². The van der Waals surface area contributed by atoms with Crippen LogP contribution in [0.2, 0.25) is 0 Å². The standard InChI is InChI=1S/C15H15N3O3/c1-2-9-19-11-5-3-4-6-12(11)20-13-8-7-10(16)14-15(13)18-21-17-14/h3-8H,2,9,16H2,1H3. The van der Waals surface area contributed by atoms with Crippen LogP contribution in [-0.4, -0.2) is 16.9 Å². The first-order chi connectivity index (χ1) is 10.3. The van der Waals surface area contributed by atoms with Crippen LogP contribution in [0.4, 0.5) is 5.69 Å². The maximum Gasteiger partial charge on any atom is 0.179 e. The highest BCUT2D eigenvalue weighted by atomic mass is 16.6. The molecular formula is C15H15N3O3. The Morgan fingerprint density at radius 1 is 1.00 bits per heavy atom. The molecule has 3 aromatic rings. The van der Waals surface area contributed by atoms with Crippen LogP contribution < -0.4 is 15.2 Å². The van der Waals surface area contributed by atoms with Gasteiger partial charge in [-0.25, -0.2) is 4.63 Å². The lowest BCUT2D eigenvalue weighted by atomic mass is 10.2. The van der Waals surface area contributed by atoms with Crippen molar-refractivity contribution in [3.05, 3.63) is 36.4 Å². The molecule has 0 bridgehead atoms. The van der Waals surface area contributed by atoms with Gasteiger partial charge in [-0.2, -0.15) is 0 Å². The summed E-state index contributed by atoms with van der Waals surface area (Å²) in [5.74, 6) is 1.81. The Balaban J connectivity index is 1.95. The Kier molecular flexibility index (Phi) is 3.59. The van der Waals surface area contributed by atoms with E-state index in [0.717, 1.165) is 6.42 Å². The van der Waals surface area contributed by atoms with E-state index in [0.29, 0.717) is 40.6 Å². The number of nitrogens with two attached hydrogens (primary N) is 1. The van der Waals surface area contributed by atoms with Gasteiger partial charge in [-0.1, -0.05) is 19.1 Å². The van der Waals surface area contributed by atoms with Crippen LogP contribution in [0.3, 0.4) is 0 Å². The highest BCUT2D eigenvalue weighted by molar-refractivity contribution is 5.90. The lowest BCUT2D eigenvalue weighted by molar-refractivity contribution is 0.301. The van der Waals surface area contributed by atoms with Crippen LogP contribution in [0.5, 0.6) is 17.2 Å². The van der Waals surface area contributed by atoms with E-state index in [1.807, 2.05) is 31.2 Å². The predicted molar refractivity (Wildman–Crippen MR) is 78.5 cm³/mol. The molecule has 21 heavy (non-hydrogen) atoms. The monoisotopic (exact) mass is 285 g/mol. The summed E-state index contributed by atoms with van der Waals surface area (Å²) in [7, 11) is 0. The molecule has 1 aromatic heterocycles. The maximum absolute atomic E-state index is 5.89. The lowest BCUT2D eigenvalue weighted by Crippen LogP contribution is -1.97. The van der Waals surface area contributed by atoms with E-state index in [4.69, 9.17) is 19.8 Å². The molecule has 6 nitrogen and oxygen atoms in total. The third kappa shape index (κ3) is 2.60. The molecule has 0 saturated carbocycles. The van der Waals surface area contributed by atoms with Crippen molar-refractivity contribution < 1.29 is 14.1 Å². The Bertz CT molecular complexity index is 755. The second-order valence-electron chi connectivity index (χ2n) is 4.51. The Labute approximate surface area is 121 Å². The van der Waals surface area contributed by atoms with Gasteiger partial charge in [0.1, 0.15) is 0 Å². The van der Waals surface area contributed by atoms with Gasteiger partial charge in [0.25, 0.3) is 0 Å². The van der Waals surface area contributed by atoms with Gasteiger partial charge in [0, 0.05) is 0 Å². The first-order valence-electron chi connectivity index (χ1n) is 6.70. The molecule has 0 atom stereocenters. The Morgan fingerprint density at radius 2 is 1.76 bits per heavy atom. The second kappa shape index (κ2) is 5.70. The van der Waals surface area contributed by atoms with Gasteiger partial charge in [0.15, 0.2) is 28.3 Å². The van der Waals surface area contributed by atoms with Gasteiger partial charge in [-0.05, 0) is 41.0 Å². The van der Waals surface area contributed by atoms with Crippen LogP contribution in [0.15, 0.2) is 41.0 Å². The van der Waals surface area contributed by atoms with Crippen molar-refractivity contribution in [1.82, 2.24) is 10.3 Å². The number of hydrogen-bond donors (Lipinski definition) is 1. The molecule has 0 amide bonds. The molecule has 6 heteroatoms. The van der Waals surface area contributed by atoms with Crippen LogP contribution in [0.1, 0.15) is 13.3 Å². The maximum atomic E-state index is 5.89. The van der Waals surface area contributed by atoms with E-state index in [-0.39, 0.29) is 0 Å². The molecule has 0 aliphatic rings. The van der Waals surface area contributed by atoms with Crippen LogP contribution in [0.25, 0.3) is 11.0 Å². The second-order valence-corrected chi connectivity index (χ2v) is 4.51. The quantitative estimate of drug-likeness (QED) is 0.723. The average molecular weight is 285 g/mol. The summed E-state index contributed by atoms with van der Waals surface area (Å²) in [6.45, 7) is 2.68. The number of rotatable bonds is 5. The van der Waals surface area contributed by atoms with E-state index >= 15 is 0 Å². The van der Waals surface area contributed by atoms with E-state index in [1.54, 1.807) is 12.1 Å². The van der Waals surface area contributed by atoms with Gasteiger partial charge in [0.05, 0.1) is 12.3 Å². The summed E-state index contributed by atoms with van der Waals surface area (Å²) in [5, 5.41) is 7.61. The van der Waals surface area contributed by atoms with Crippen LogP contribution >= 0.6 is 0 Å². The molecule has 0 radical (unpaired) electrons. The number of anilines is 1. The Hall–Kier alpha value is -2.76. The number of hydrogen-bond acceptors (Lipinski definition) is 6. The number of benzene rings is 2. The van der Waals surface area contributed by atoms with Gasteiger partial charge < -0.3 is 15.2 Å². The molecule has 0 aliphatic carbocycles. The smallest absolute Gasteiger partial charge is 0.179 e. The molecule has 0 unspecified atom stereocenters. The number of nitrogens with zero attached hydrogens (tertiary/aromatic N) is 2. The molecule has 2 aromatic carbocycles. The summed E-state index contributed by atoms with van der Waals surface area (Å²) >= 11 is 0. The number of aromatic nitrogens is 2. The fourth-order valence-electron chi connectivity index (χ4n) is 1.93. The highest BCUT2D eigenvalue weighted by Gasteiger charge is 2.13. The first-order valence-corrected chi connectivity index (χ1v) is 6.70. The van der Waals surface area contributed by atoms with Crippen LogP contribution in [-0.2, 0) is 0 Å². The zero-order valence-corrected chi connectivity index (χ0v) is 11.6. The number of para-hydroxylation sites is 2. The van der Waals surface area contributed by atoms with Crippen molar-refractivity contribution in [2.45, 2.75) is 13.3 Å². The highest BCUT2D eigenvalue weighted by Crippen LogP contribution is 2.35. The number of nitrogen functional groups attached to an aromatic ring is 1. The molecule has 0 aliphatic heterocycles. The molecule has 0 fully saturated rings. The molecule has 0 spiro atoms. The normalized spacial score (nSPS) is 10.7. The zero-order chi connectivity index (χ0) is 14.7. The molecule has 2 N–H and O–H groups in total. The molecule has 3 rings (SSSR count). The number of fused-ring (bicyclic) bond motifs is 1. The minimum atomic E-state index is 0.486.